The smallest absolute Gasteiger partial charge is 0.346 e. The molecule has 2 heterocycles. The number of piperidine rings is 1. The molecular weight excluding hydrogens is 396 g/mol. The Bertz CT molecular complexity index is 945. The van der Waals surface area contributed by atoms with Gasteiger partial charge >= 0.3 is 5.69 Å². The number of ether oxygens (including phenoxy) is 2. The van der Waals surface area contributed by atoms with Gasteiger partial charge in [-0.1, -0.05) is 12.1 Å². The fourth-order valence-electron chi connectivity index (χ4n) is 4.29. The Balaban J connectivity index is 1.46. The van der Waals surface area contributed by atoms with Crippen LogP contribution < -0.4 is 10.4 Å². The predicted octanol–water partition coefficient (Wildman–Crippen LogP) is 2.37. The lowest BCUT2D eigenvalue weighted by atomic mass is 9.96. The van der Waals surface area contributed by atoms with E-state index in [0.717, 1.165) is 49.4 Å². The van der Waals surface area contributed by atoms with Gasteiger partial charge in [-0.05, 0) is 50.3 Å². The van der Waals surface area contributed by atoms with Crippen LogP contribution in [0.4, 0.5) is 0 Å². The summed E-state index contributed by atoms with van der Waals surface area (Å²) in [6.45, 7) is 4.86. The Morgan fingerprint density at radius 2 is 1.97 bits per heavy atom. The summed E-state index contributed by atoms with van der Waals surface area (Å²) in [6.07, 6.45) is 4.28. The summed E-state index contributed by atoms with van der Waals surface area (Å²) in [4.78, 5) is 27.8. The molecule has 1 aromatic carbocycles. The molecule has 1 saturated carbocycles. The van der Waals surface area contributed by atoms with Crippen molar-refractivity contribution in [3.05, 3.63) is 46.1 Å². The first-order valence-corrected chi connectivity index (χ1v) is 11.3. The molecule has 168 valence electrons. The zero-order valence-electron chi connectivity index (χ0n) is 18.5. The summed E-state index contributed by atoms with van der Waals surface area (Å²) < 4.78 is 14.0. The Morgan fingerprint density at radius 3 is 2.65 bits per heavy atom. The van der Waals surface area contributed by atoms with Crippen LogP contribution in [0, 0.1) is 0 Å². The van der Waals surface area contributed by atoms with E-state index in [2.05, 4.69) is 5.10 Å². The average molecular weight is 429 g/mol. The minimum atomic E-state index is -0.0487. The third-order valence-corrected chi connectivity index (χ3v) is 6.05. The van der Waals surface area contributed by atoms with Crippen molar-refractivity contribution in [3.8, 4) is 5.75 Å². The minimum absolute atomic E-state index is 0.0487. The largest absolute Gasteiger partial charge is 0.494 e. The molecule has 1 aromatic heterocycles. The second-order valence-electron chi connectivity index (χ2n) is 8.39. The second kappa shape index (κ2) is 9.68. The van der Waals surface area contributed by atoms with E-state index in [4.69, 9.17) is 9.47 Å². The molecule has 8 heteroatoms. The average Bonchev–Trinajstić information content (AvgIpc) is 3.57. The zero-order valence-corrected chi connectivity index (χ0v) is 18.5. The van der Waals surface area contributed by atoms with Gasteiger partial charge in [-0.15, -0.1) is 0 Å². The van der Waals surface area contributed by atoms with Gasteiger partial charge in [-0.25, -0.2) is 9.48 Å². The molecule has 1 aliphatic heterocycles. The van der Waals surface area contributed by atoms with Crippen molar-refractivity contribution in [1.29, 1.82) is 0 Å². The second-order valence-corrected chi connectivity index (χ2v) is 8.39. The van der Waals surface area contributed by atoms with Crippen LogP contribution >= 0.6 is 0 Å². The molecule has 4 rings (SSSR count). The molecule has 2 aromatic rings. The summed E-state index contributed by atoms with van der Waals surface area (Å²) in [6, 6.07) is 7.98. The highest BCUT2D eigenvalue weighted by Gasteiger charge is 2.35. The molecule has 31 heavy (non-hydrogen) atoms. The number of benzene rings is 1. The number of carbonyl (C=O) groups excluding carboxylic acids is 1. The van der Waals surface area contributed by atoms with Gasteiger partial charge < -0.3 is 14.4 Å². The van der Waals surface area contributed by atoms with E-state index in [9.17, 15) is 9.59 Å². The fourth-order valence-corrected chi connectivity index (χ4v) is 4.29. The molecule has 1 aliphatic carbocycles. The summed E-state index contributed by atoms with van der Waals surface area (Å²) >= 11 is 0. The molecule has 0 N–H and O–H groups in total. The van der Waals surface area contributed by atoms with Gasteiger partial charge in [0.05, 0.1) is 26.2 Å². The number of nitrogens with zero attached hydrogens (tertiary/aromatic N) is 4. The van der Waals surface area contributed by atoms with Crippen LogP contribution in [0.1, 0.15) is 56.0 Å². The summed E-state index contributed by atoms with van der Waals surface area (Å²) in [7, 11) is 1.62. The normalized spacial score (nSPS) is 18.9. The standard InChI is InChI=1S/C23H32N4O4/c1-3-31-20-10-6-17(7-11-20)15-21(28)25-12-4-5-18(16-25)22-24-26(13-14-30-2)23(29)27(22)19-8-9-19/h6-7,10-11,18-19H,3-5,8-9,12-16H2,1-2H3. The molecule has 1 saturated heterocycles. The van der Waals surface area contributed by atoms with Crippen LogP contribution in [0.25, 0.3) is 0 Å². The molecule has 8 nitrogen and oxygen atoms in total. The first-order chi connectivity index (χ1) is 15.1. The molecule has 0 spiro atoms. The van der Waals surface area contributed by atoms with Gasteiger partial charge in [0, 0.05) is 32.2 Å². The Labute approximate surface area is 182 Å². The molecule has 1 amide bonds. The lowest BCUT2D eigenvalue weighted by molar-refractivity contribution is -0.131. The third kappa shape index (κ3) is 5.01. The predicted molar refractivity (Wildman–Crippen MR) is 117 cm³/mol. The van der Waals surface area contributed by atoms with Crippen molar-refractivity contribution >= 4 is 5.91 Å². The van der Waals surface area contributed by atoms with Crippen molar-refractivity contribution in [3.63, 3.8) is 0 Å². The van der Waals surface area contributed by atoms with E-state index in [1.807, 2.05) is 40.7 Å². The maximum absolute atomic E-state index is 13.0. The Kier molecular flexibility index (Phi) is 6.75. The van der Waals surface area contributed by atoms with Crippen LogP contribution in [0.3, 0.4) is 0 Å². The van der Waals surface area contributed by atoms with Crippen LogP contribution in [0.5, 0.6) is 5.75 Å². The number of rotatable bonds is 9. The topological polar surface area (TPSA) is 78.6 Å². The number of hydrogen-bond donors (Lipinski definition) is 0. The number of carbonyl (C=O) groups is 1. The van der Waals surface area contributed by atoms with E-state index in [0.29, 0.717) is 32.7 Å². The number of aromatic nitrogens is 3. The van der Waals surface area contributed by atoms with Crippen molar-refractivity contribution in [2.75, 3.05) is 33.4 Å². The van der Waals surface area contributed by atoms with Crippen LogP contribution in [0.15, 0.2) is 29.1 Å². The lowest BCUT2D eigenvalue weighted by Gasteiger charge is -2.32. The third-order valence-electron chi connectivity index (χ3n) is 6.05. The SMILES string of the molecule is CCOc1ccc(CC(=O)N2CCCC(c3nn(CCOC)c(=O)n3C3CC3)C2)cc1. The van der Waals surface area contributed by atoms with Crippen LogP contribution in [0.2, 0.25) is 0 Å². The molecule has 1 unspecified atom stereocenters. The monoisotopic (exact) mass is 428 g/mol. The van der Waals surface area contributed by atoms with E-state index < -0.39 is 0 Å². The quantitative estimate of drug-likeness (QED) is 0.613. The number of methoxy groups -OCH3 is 1. The molecule has 1 atom stereocenters. The Hall–Kier alpha value is -2.61. The van der Waals surface area contributed by atoms with Gasteiger partial charge in [0.25, 0.3) is 0 Å². The van der Waals surface area contributed by atoms with Gasteiger partial charge in [0.2, 0.25) is 5.91 Å². The van der Waals surface area contributed by atoms with Crippen LogP contribution in [-0.4, -0.2) is 58.6 Å². The van der Waals surface area contributed by atoms with Gasteiger partial charge in [-0.2, -0.15) is 5.10 Å². The van der Waals surface area contributed by atoms with Crippen molar-refractivity contribution in [1.82, 2.24) is 19.2 Å². The Morgan fingerprint density at radius 1 is 1.19 bits per heavy atom. The highest BCUT2D eigenvalue weighted by molar-refractivity contribution is 5.79. The zero-order chi connectivity index (χ0) is 21.8. The van der Waals surface area contributed by atoms with E-state index in [1.54, 1.807) is 7.11 Å². The molecule has 2 aliphatic rings. The number of hydrogen-bond acceptors (Lipinski definition) is 5. The highest BCUT2D eigenvalue weighted by Crippen LogP contribution is 2.37. The first kappa shape index (κ1) is 21.6. The van der Waals surface area contributed by atoms with Crippen molar-refractivity contribution in [2.45, 2.75) is 57.5 Å². The number of likely N-dealkylation sites (tertiary alicyclic amines) is 1. The molecule has 2 fully saturated rings. The molecule has 0 radical (unpaired) electrons. The van der Waals surface area contributed by atoms with E-state index in [-0.39, 0.29) is 23.6 Å². The van der Waals surface area contributed by atoms with Crippen molar-refractivity contribution < 1.29 is 14.3 Å². The maximum Gasteiger partial charge on any atom is 0.346 e. The van der Waals surface area contributed by atoms with E-state index >= 15 is 0 Å². The van der Waals surface area contributed by atoms with Gasteiger partial charge in [0.15, 0.2) is 0 Å². The minimum Gasteiger partial charge on any atom is -0.494 e. The summed E-state index contributed by atoms with van der Waals surface area (Å²) in [5, 5.41) is 4.67. The first-order valence-electron chi connectivity index (χ1n) is 11.3. The number of amides is 1. The maximum atomic E-state index is 13.0. The van der Waals surface area contributed by atoms with Gasteiger partial charge in [0.1, 0.15) is 11.6 Å². The fraction of sp³-hybridized carbons (Fsp3) is 0.609. The van der Waals surface area contributed by atoms with E-state index in [1.165, 1.54) is 4.68 Å². The molecule has 0 bridgehead atoms. The van der Waals surface area contributed by atoms with Crippen LogP contribution in [-0.2, 0) is 22.5 Å². The lowest BCUT2D eigenvalue weighted by Crippen LogP contribution is -2.40. The van der Waals surface area contributed by atoms with Gasteiger partial charge in [-0.3, -0.25) is 9.36 Å². The van der Waals surface area contributed by atoms with Crippen molar-refractivity contribution in [2.24, 2.45) is 0 Å². The highest BCUT2D eigenvalue weighted by atomic mass is 16.5. The summed E-state index contributed by atoms with van der Waals surface area (Å²) in [5.41, 5.74) is 0.932. The summed E-state index contributed by atoms with van der Waals surface area (Å²) in [5.74, 6) is 1.86. The molecular formula is C23H32N4O4.